The number of fused-ring (bicyclic) bond motifs is 1. The van der Waals surface area contributed by atoms with Crippen LogP contribution in [0.2, 0.25) is 0 Å². The Hall–Kier alpha value is -1.02. The number of para-hydroxylation sites is 1. The first-order valence-electron chi connectivity index (χ1n) is 7.81. The fraction of sp³-hybridized carbons (Fsp3) is 0.647. The third-order valence-electron chi connectivity index (χ3n) is 4.49. The van der Waals surface area contributed by atoms with Crippen molar-refractivity contribution < 1.29 is 4.74 Å². The largest absolute Gasteiger partial charge is 0.493 e. The van der Waals surface area contributed by atoms with Gasteiger partial charge < -0.3 is 10.1 Å². The molecule has 104 valence electrons. The first kappa shape index (κ1) is 13.0. The van der Waals surface area contributed by atoms with Gasteiger partial charge in [0.2, 0.25) is 0 Å². The molecule has 1 fully saturated rings. The Morgan fingerprint density at radius 3 is 2.89 bits per heavy atom. The van der Waals surface area contributed by atoms with Gasteiger partial charge in [0, 0.05) is 17.6 Å². The van der Waals surface area contributed by atoms with Crippen LogP contribution < -0.4 is 10.1 Å². The minimum absolute atomic E-state index is 0.494. The van der Waals surface area contributed by atoms with Crippen LogP contribution in [0.4, 0.5) is 0 Å². The van der Waals surface area contributed by atoms with Crippen molar-refractivity contribution in [2.24, 2.45) is 0 Å². The predicted octanol–water partition coefficient (Wildman–Crippen LogP) is 4.17. The smallest absolute Gasteiger partial charge is 0.127 e. The summed E-state index contributed by atoms with van der Waals surface area (Å²) < 4.78 is 6.09. The molecular formula is C17H25NO. The van der Waals surface area contributed by atoms with Crippen molar-refractivity contribution in [1.82, 2.24) is 5.32 Å². The van der Waals surface area contributed by atoms with Crippen LogP contribution in [0.3, 0.4) is 0 Å². The SMILES string of the molecule is CCC(C)c1cccc2c1OCCCC2NC1CC1. The quantitative estimate of drug-likeness (QED) is 0.876. The van der Waals surface area contributed by atoms with Gasteiger partial charge in [0.1, 0.15) is 5.75 Å². The van der Waals surface area contributed by atoms with E-state index in [0.717, 1.165) is 19.1 Å². The molecule has 2 heteroatoms. The van der Waals surface area contributed by atoms with Crippen molar-refractivity contribution >= 4 is 0 Å². The predicted molar refractivity (Wildman–Crippen MR) is 78.8 cm³/mol. The molecule has 1 aromatic carbocycles. The van der Waals surface area contributed by atoms with Crippen LogP contribution in [0.15, 0.2) is 18.2 Å². The van der Waals surface area contributed by atoms with Gasteiger partial charge in [0.25, 0.3) is 0 Å². The molecule has 3 rings (SSSR count). The van der Waals surface area contributed by atoms with E-state index in [9.17, 15) is 0 Å². The fourth-order valence-corrected chi connectivity index (χ4v) is 2.95. The highest BCUT2D eigenvalue weighted by atomic mass is 16.5. The summed E-state index contributed by atoms with van der Waals surface area (Å²) >= 11 is 0. The van der Waals surface area contributed by atoms with Crippen molar-refractivity contribution in [3.63, 3.8) is 0 Å². The Balaban J connectivity index is 1.94. The average molecular weight is 259 g/mol. The van der Waals surface area contributed by atoms with Gasteiger partial charge in [-0.25, -0.2) is 0 Å². The highest BCUT2D eigenvalue weighted by Gasteiger charge is 2.29. The molecule has 1 saturated carbocycles. The average Bonchev–Trinajstić information content (AvgIpc) is 3.26. The van der Waals surface area contributed by atoms with Crippen LogP contribution in [0.1, 0.15) is 69.0 Å². The summed E-state index contributed by atoms with van der Waals surface area (Å²) in [6.45, 7) is 5.41. The second-order valence-electron chi connectivity index (χ2n) is 6.06. The standard InChI is InChI=1S/C17H25NO/c1-3-12(2)14-6-4-7-15-16(18-13-9-10-13)8-5-11-19-17(14)15/h4,6-7,12-13,16,18H,3,5,8-11H2,1-2H3. The fourth-order valence-electron chi connectivity index (χ4n) is 2.95. The van der Waals surface area contributed by atoms with E-state index >= 15 is 0 Å². The van der Waals surface area contributed by atoms with E-state index in [-0.39, 0.29) is 0 Å². The highest BCUT2D eigenvalue weighted by Crippen LogP contribution is 2.39. The minimum atomic E-state index is 0.494. The summed E-state index contributed by atoms with van der Waals surface area (Å²) in [4.78, 5) is 0. The summed E-state index contributed by atoms with van der Waals surface area (Å²) in [6.07, 6.45) is 6.21. The lowest BCUT2D eigenvalue weighted by atomic mass is 9.92. The van der Waals surface area contributed by atoms with Crippen molar-refractivity contribution in [3.8, 4) is 5.75 Å². The Kier molecular flexibility index (Phi) is 3.79. The zero-order chi connectivity index (χ0) is 13.2. The molecule has 0 spiro atoms. The van der Waals surface area contributed by atoms with E-state index in [2.05, 4.69) is 37.4 Å². The Morgan fingerprint density at radius 1 is 1.32 bits per heavy atom. The van der Waals surface area contributed by atoms with Gasteiger partial charge in [-0.1, -0.05) is 32.0 Å². The number of nitrogens with one attached hydrogen (secondary N) is 1. The Morgan fingerprint density at radius 2 is 2.16 bits per heavy atom. The third kappa shape index (κ3) is 2.79. The van der Waals surface area contributed by atoms with Crippen LogP contribution >= 0.6 is 0 Å². The van der Waals surface area contributed by atoms with Gasteiger partial charge in [-0.15, -0.1) is 0 Å². The first-order valence-corrected chi connectivity index (χ1v) is 7.81. The molecule has 19 heavy (non-hydrogen) atoms. The topological polar surface area (TPSA) is 21.3 Å². The number of benzene rings is 1. The molecule has 1 N–H and O–H groups in total. The maximum atomic E-state index is 6.09. The second kappa shape index (κ2) is 5.54. The van der Waals surface area contributed by atoms with Crippen LogP contribution in [-0.2, 0) is 0 Å². The van der Waals surface area contributed by atoms with Gasteiger partial charge in [0.15, 0.2) is 0 Å². The summed E-state index contributed by atoms with van der Waals surface area (Å²) in [5, 5.41) is 3.79. The molecule has 2 atom stereocenters. The molecule has 2 aliphatic rings. The Bertz CT molecular complexity index is 439. The first-order chi connectivity index (χ1) is 9.29. The number of rotatable bonds is 4. The summed E-state index contributed by atoms with van der Waals surface area (Å²) in [7, 11) is 0. The van der Waals surface area contributed by atoms with Gasteiger partial charge in [-0.2, -0.15) is 0 Å². The van der Waals surface area contributed by atoms with Gasteiger partial charge in [-0.05, 0) is 43.6 Å². The molecule has 0 aromatic heterocycles. The lowest BCUT2D eigenvalue weighted by Crippen LogP contribution is -2.23. The number of hydrogen-bond acceptors (Lipinski definition) is 2. The molecule has 1 heterocycles. The maximum Gasteiger partial charge on any atom is 0.127 e. The normalized spacial score (nSPS) is 24.2. The Labute approximate surface area is 116 Å². The molecule has 0 amide bonds. The van der Waals surface area contributed by atoms with Crippen LogP contribution in [0.25, 0.3) is 0 Å². The monoisotopic (exact) mass is 259 g/mol. The molecule has 1 aliphatic carbocycles. The third-order valence-corrected chi connectivity index (χ3v) is 4.49. The van der Waals surface area contributed by atoms with Crippen molar-refractivity contribution in [3.05, 3.63) is 29.3 Å². The van der Waals surface area contributed by atoms with Crippen molar-refractivity contribution in [2.45, 2.75) is 64.0 Å². The second-order valence-corrected chi connectivity index (χ2v) is 6.06. The summed E-state index contributed by atoms with van der Waals surface area (Å²) in [6, 6.07) is 7.95. The maximum absolute atomic E-state index is 6.09. The molecule has 1 aliphatic heterocycles. The van der Waals surface area contributed by atoms with Crippen LogP contribution in [-0.4, -0.2) is 12.6 Å². The molecular weight excluding hydrogens is 234 g/mol. The lowest BCUT2D eigenvalue weighted by Gasteiger charge is -2.22. The van der Waals surface area contributed by atoms with E-state index in [1.165, 1.54) is 42.6 Å². The zero-order valence-electron chi connectivity index (χ0n) is 12.1. The molecule has 0 saturated heterocycles. The molecule has 0 bridgehead atoms. The summed E-state index contributed by atoms with van der Waals surface area (Å²) in [5.41, 5.74) is 2.78. The van der Waals surface area contributed by atoms with E-state index in [0.29, 0.717) is 12.0 Å². The van der Waals surface area contributed by atoms with Crippen molar-refractivity contribution in [2.75, 3.05) is 6.61 Å². The van der Waals surface area contributed by atoms with Crippen LogP contribution in [0, 0.1) is 0 Å². The van der Waals surface area contributed by atoms with Gasteiger partial charge in [-0.3, -0.25) is 0 Å². The molecule has 1 aromatic rings. The van der Waals surface area contributed by atoms with E-state index in [1.54, 1.807) is 0 Å². The summed E-state index contributed by atoms with van der Waals surface area (Å²) in [5.74, 6) is 1.75. The molecule has 0 radical (unpaired) electrons. The van der Waals surface area contributed by atoms with Gasteiger partial charge in [0.05, 0.1) is 6.61 Å². The zero-order valence-corrected chi connectivity index (χ0v) is 12.1. The van der Waals surface area contributed by atoms with Crippen molar-refractivity contribution in [1.29, 1.82) is 0 Å². The van der Waals surface area contributed by atoms with Gasteiger partial charge >= 0.3 is 0 Å². The van der Waals surface area contributed by atoms with E-state index in [1.807, 2.05) is 0 Å². The lowest BCUT2D eigenvalue weighted by molar-refractivity contribution is 0.310. The number of hydrogen-bond donors (Lipinski definition) is 1. The molecule has 2 nitrogen and oxygen atoms in total. The highest BCUT2D eigenvalue weighted by molar-refractivity contribution is 5.45. The van der Waals surface area contributed by atoms with E-state index in [4.69, 9.17) is 4.74 Å². The number of ether oxygens (including phenoxy) is 1. The minimum Gasteiger partial charge on any atom is -0.493 e. The molecule has 2 unspecified atom stereocenters. The van der Waals surface area contributed by atoms with E-state index < -0.39 is 0 Å². The van der Waals surface area contributed by atoms with Crippen LogP contribution in [0.5, 0.6) is 5.75 Å².